The van der Waals surface area contributed by atoms with Crippen molar-refractivity contribution in [2.45, 2.75) is 23.6 Å². The highest BCUT2D eigenvalue weighted by molar-refractivity contribution is 7.98. The van der Waals surface area contributed by atoms with Gasteiger partial charge in [-0.25, -0.2) is 4.98 Å². The van der Waals surface area contributed by atoms with Crippen molar-refractivity contribution >= 4 is 35.0 Å². The maximum absolute atomic E-state index is 6.11. The first-order valence-corrected chi connectivity index (χ1v) is 9.59. The first kappa shape index (κ1) is 18.2. The fourth-order valence-corrected chi connectivity index (χ4v) is 3.81. The number of ether oxygens (including phenoxy) is 1. The Bertz CT molecular complexity index is 837. The lowest BCUT2D eigenvalue weighted by Crippen LogP contribution is -2.00. The number of imidazole rings is 1. The molecule has 1 heterocycles. The summed E-state index contributed by atoms with van der Waals surface area (Å²) in [6.45, 7) is 0.882. The zero-order valence-electron chi connectivity index (χ0n) is 13.8. The molecule has 0 N–H and O–H groups in total. The first-order chi connectivity index (χ1) is 12.2. The van der Waals surface area contributed by atoms with Gasteiger partial charge in [0.1, 0.15) is 5.75 Å². The Morgan fingerprint density at radius 1 is 1.12 bits per heavy atom. The van der Waals surface area contributed by atoms with Crippen LogP contribution in [0.1, 0.15) is 11.1 Å². The van der Waals surface area contributed by atoms with E-state index in [2.05, 4.69) is 21.7 Å². The van der Waals surface area contributed by atoms with E-state index in [0.29, 0.717) is 10.0 Å². The quantitative estimate of drug-likeness (QED) is 0.480. The molecular formula is C19H18Cl2N2OS. The maximum atomic E-state index is 6.11. The van der Waals surface area contributed by atoms with Crippen LogP contribution < -0.4 is 4.74 Å². The van der Waals surface area contributed by atoms with Crippen LogP contribution >= 0.6 is 35.0 Å². The lowest BCUT2D eigenvalue weighted by Gasteiger charge is -2.12. The van der Waals surface area contributed by atoms with Gasteiger partial charge in [0.2, 0.25) is 0 Å². The van der Waals surface area contributed by atoms with Crippen LogP contribution in [0, 0.1) is 0 Å². The summed E-state index contributed by atoms with van der Waals surface area (Å²) >= 11 is 13.9. The van der Waals surface area contributed by atoms with Gasteiger partial charge in [-0.05, 0) is 47.9 Å². The van der Waals surface area contributed by atoms with Crippen LogP contribution in [-0.4, -0.2) is 16.7 Å². The number of aromatic nitrogens is 2. The van der Waals surface area contributed by atoms with Crippen LogP contribution in [0.3, 0.4) is 0 Å². The number of nitrogens with zero attached hydrogens (tertiary/aromatic N) is 2. The van der Waals surface area contributed by atoms with Gasteiger partial charge >= 0.3 is 0 Å². The van der Waals surface area contributed by atoms with E-state index in [-0.39, 0.29) is 0 Å². The van der Waals surface area contributed by atoms with Gasteiger partial charge in [0.25, 0.3) is 0 Å². The monoisotopic (exact) mass is 392 g/mol. The van der Waals surface area contributed by atoms with E-state index < -0.39 is 0 Å². The van der Waals surface area contributed by atoms with Crippen LogP contribution in [0.25, 0.3) is 0 Å². The molecule has 3 aromatic rings. The molecule has 0 aliphatic rings. The molecule has 0 aliphatic heterocycles. The van der Waals surface area contributed by atoms with Crippen LogP contribution in [0.4, 0.5) is 0 Å². The Labute approximate surface area is 161 Å². The Balaban J connectivity index is 1.73. The lowest BCUT2D eigenvalue weighted by atomic mass is 10.1. The molecule has 0 bridgehead atoms. The van der Waals surface area contributed by atoms with Crippen LogP contribution in [0.5, 0.6) is 5.75 Å². The van der Waals surface area contributed by atoms with Crippen LogP contribution in [-0.2, 0) is 18.7 Å². The van der Waals surface area contributed by atoms with Crippen molar-refractivity contribution in [1.29, 1.82) is 0 Å². The molecule has 25 heavy (non-hydrogen) atoms. The Morgan fingerprint density at radius 3 is 2.72 bits per heavy atom. The second-order valence-electron chi connectivity index (χ2n) is 5.56. The van der Waals surface area contributed by atoms with Gasteiger partial charge in [-0.1, -0.05) is 29.3 Å². The van der Waals surface area contributed by atoms with Gasteiger partial charge in [-0.15, -0.1) is 11.8 Å². The SMILES string of the molecule is COc1ccc(SCc2ccc(Cl)c(Cl)c2)c(CCn2ccnc2)c1. The molecular weight excluding hydrogens is 375 g/mol. The third-order valence-corrected chi connectivity index (χ3v) is 5.77. The van der Waals surface area contributed by atoms with Crippen LogP contribution in [0.2, 0.25) is 10.0 Å². The van der Waals surface area contributed by atoms with Gasteiger partial charge in [-0.3, -0.25) is 0 Å². The van der Waals surface area contributed by atoms with Crippen LogP contribution in [0.15, 0.2) is 60.0 Å². The molecule has 0 atom stereocenters. The van der Waals surface area contributed by atoms with Crippen molar-refractivity contribution < 1.29 is 4.74 Å². The molecule has 0 saturated carbocycles. The Kier molecular flexibility index (Phi) is 6.29. The van der Waals surface area contributed by atoms with E-state index >= 15 is 0 Å². The van der Waals surface area contributed by atoms with Crippen molar-refractivity contribution in [3.05, 3.63) is 76.3 Å². The Morgan fingerprint density at radius 2 is 2.00 bits per heavy atom. The van der Waals surface area contributed by atoms with E-state index in [4.69, 9.17) is 27.9 Å². The number of methoxy groups -OCH3 is 1. The van der Waals surface area contributed by atoms with Crippen molar-refractivity contribution in [2.24, 2.45) is 0 Å². The minimum atomic E-state index is 0.584. The highest BCUT2D eigenvalue weighted by Crippen LogP contribution is 2.31. The predicted molar refractivity (Wildman–Crippen MR) is 105 cm³/mol. The van der Waals surface area contributed by atoms with Crippen molar-refractivity contribution in [1.82, 2.24) is 9.55 Å². The summed E-state index contributed by atoms with van der Waals surface area (Å²) in [4.78, 5) is 5.33. The number of hydrogen-bond donors (Lipinski definition) is 0. The Hall–Kier alpha value is -1.62. The zero-order chi connectivity index (χ0) is 17.6. The highest BCUT2D eigenvalue weighted by atomic mass is 35.5. The summed E-state index contributed by atoms with van der Waals surface area (Å²) in [6, 6.07) is 12.0. The summed E-state index contributed by atoms with van der Waals surface area (Å²) in [5, 5.41) is 1.18. The minimum Gasteiger partial charge on any atom is -0.497 e. The standard InChI is InChI=1S/C19H18Cl2N2OS/c1-24-16-3-5-19(15(11-16)6-8-23-9-7-22-13-23)25-12-14-2-4-17(20)18(21)10-14/h2-5,7,9-11,13H,6,8,12H2,1H3. The van der Waals surface area contributed by atoms with E-state index in [1.54, 1.807) is 25.1 Å². The minimum absolute atomic E-state index is 0.584. The molecule has 3 rings (SSSR count). The molecule has 3 nitrogen and oxygen atoms in total. The van der Waals surface area contributed by atoms with Gasteiger partial charge in [0.15, 0.2) is 0 Å². The van der Waals surface area contributed by atoms with Gasteiger partial charge < -0.3 is 9.30 Å². The summed E-state index contributed by atoms with van der Waals surface area (Å²) in [5.74, 6) is 1.71. The van der Waals surface area contributed by atoms with Gasteiger partial charge in [0, 0.05) is 29.6 Å². The normalized spacial score (nSPS) is 10.8. The molecule has 0 radical (unpaired) electrons. The van der Waals surface area contributed by atoms with E-state index in [9.17, 15) is 0 Å². The second-order valence-corrected chi connectivity index (χ2v) is 7.39. The smallest absolute Gasteiger partial charge is 0.119 e. The van der Waals surface area contributed by atoms with Gasteiger partial charge in [0.05, 0.1) is 23.5 Å². The molecule has 130 valence electrons. The molecule has 0 aliphatic carbocycles. The predicted octanol–water partition coefficient (Wildman–Crippen LogP) is 5.73. The van der Waals surface area contributed by atoms with Gasteiger partial charge in [-0.2, -0.15) is 0 Å². The third kappa shape index (κ3) is 4.94. The lowest BCUT2D eigenvalue weighted by molar-refractivity contribution is 0.413. The maximum Gasteiger partial charge on any atom is 0.119 e. The first-order valence-electron chi connectivity index (χ1n) is 7.85. The molecule has 0 spiro atoms. The number of benzene rings is 2. The van der Waals surface area contributed by atoms with E-state index in [1.165, 1.54) is 10.5 Å². The zero-order valence-corrected chi connectivity index (χ0v) is 16.1. The fourth-order valence-electron chi connectivity index (χ4n) is 2.48. The van der Waals surface area contributed by atoms with Crippen molar-refractivity contribution in [2.75, 3.05) is 7.11 Å². The van der Waals surface area contributed by atoms with E-state index in [0.717, 1.165) is 30.0 Å². The molecule has 2 aromatic carbocycles. The molecule has 1 aromatic heterocycles. The average Bonchev–Trinajstić information content (AvgIpc) is 3.15. The molecule has 0 saturated heterocycles. The fraction of sp³-hybridized carbons (Fsp3) is 0.211. The average molecular weight is 393 g/mol. The summed E-state index contributed by atoms with van der Waals surface area (Å²) in [7, 11) is 1.69. The second kappa shape index (κ2) is 8.65. The summed E-state index contributed by atoms with van der Waals surface area (Å²) in [5.41, 5.74) is 2.41. The topological polar surface area (TPSA) is 27.1 Å². The van der Waals surface area contributed by atoms with Crippen molar-refractivity contribution in [3.63, 3.8) is 0 Å². The molecule has 0 fully saturated rings. The highest BCUT2D eigenvalue weighted by Gasteiger charge is 2.07. The molecule has 0 unspecified atom stereocenters. The largest absolute Gasteiger partial charge is 0.497 e. The van der Waals surface area contributed by atoms with E-state index in [1.807, 2.05) is 36.8 Å². The summed E-state index contributed by atoms with van der Waals surface area (Å²) in [6.07, 6.45) is 6.52. The number of hydrogen-bond acceptors (Lipinski definition) is 3. The third-order valence-electron chi connectivity index (χ3n) is 3.84. The number of halogens is 2. The number of thioether (sulfide) groups is 1. The number of rotatable bonds is 7. The summed E-state index contributed by atoms with van der Waals surface area (Å²) < 4.78 is 7.45. The number of aryl methyl sites for hydroxylation is 2. The molecule has 6 heteroatoms. The molecule has 0 amide bonds. The van der Waals surface area contributed by atoms with Crippen molar-refractivity contribution in [3.8, 4) is 5.75 Å².